The average molecular weight is 341 g/mol. The molecular weight excluding hydrogens is 314 g/mol. The lowest BCUT2D eigenvalue weighted by Crippen LogP contribution is -2.41. The zero-order chi connectivity index (χ0) is 18.1. The summed E-state index contributed by atoms with van der Waals surface area (Å²) < 4.78 is 5.98. The maximum atomic E-state index is 9.33. The van der Waals surface area contributed by atoms with Crippen LogP contribution >= 0.6 is 0 Å². The monoisotopic (exact) mass is 341 g/mol. The summed E-state index contributed by atoms with van der Waals surface area (Å²) in [4.78, 5) is 4.57. The highest BCUT2D eigenvalue weighted by atomic mass is 16.5. The van der Waals surface area contributed by atoms with Crippen molar-refractivity contribution in [2.45, 2.75) is 33.4 Å². The lowest BCUT2D eigenvalue weighted by molar-refractivity contribution is 0.222. The maximum Gasteiger partial charge on any atom is 0.191 e. The van der Waals surface area contributed by atoms with Crippen LogP contribution in [0.4, 0.5) is 0 Å². The highest BCUT2D eigenvalue weighted by Crippen LogP contribution is 2.17. The number of aromatic hydroxyl groups is 1. The van der Waals surface area contributed by atoms with E-state index in [2.05, 4.69) is 15.6 Å². The van der Waals surface area contributed by atoms with Crippen molar-refractivity contribution in [3.05, 3.63) is 59.7 Å². The molecule has 0 amide bonds. The molecular formula is C20H27N3O2. The number of benzene rings is 2. The molecule has 25 heavy (non-hydrogen) atoms. The number of guanidine groups is 1. The molecule has 0 aliphatic heterocycles. The van der Waals surface area contributed by atoms with Gasteiger partial charge in [-0.05, 0) is 50.1 Å². The van der Waals surface area contributed by atoms with E-state index in [1.807, 2.05) is 57.2 Å². The molecule has 2 aromatic carbocycles. The molecule has 1 unspecified atom stereocenters. The number of phenolic OH excluding ortho intramolecular Hbond substituents is 1. The predicted molar refractivity (Wildman–Crippen MR) is 102 cm³/mol. The fraction of sp³-hybridized carbons (Fsp3) is 0.350. The van der Waals surface area contributed by atoms with Crippen LogP contribution < -0.4 is 15.4 Å². The summed E-state index contributed by atoms with van der Waals surface area (Å²) in [7, 11) is 0. The molecule has 134 valence electrons. The molecule has 5 heteroatoms. The maximum absolute atomic E-state index is 9.33. The van der Waals surface area contributed by atoms with E-state index in [-0.39, 0.29) is 11.9 Å². The normalized spacial score (nSPS) is 12.5. The number of nitrogens with zero attached hydrogens (tertiary/aromatic N) is 1. The van der Waals surface area contributed by atoms with Gasteiger partial charge in [0.2, 0.25) is 0 Å². The van der Waals surface area contributed by atoms with Crippen LogP contribution in [-0.2, 0) is 6.54 Å². The second-order valence-corrected chi connectivity index (χ2v) is 5.94. The largest absolute Gasteiger partial charge is 0.508 e. The van der Waals surface area contributed by atoms with Crippen LogP contribution in [0.15, 0.2) is 53.5 Å². The van der Waals surface area contributed by atoms with Gasteiger partial charge in [0.25, 0.3) is 0 Å². The summed E-state index contributed by atoms with van der Waals surface area (Å²) >= 11 is 0. The molecule has 5 nitrogen and oxygen atoms in total. The van der Waals surface area contributed by atoms with Crippen molar-refractivity contribution in [2.24, 2.45) is 4.99 Å². The number of hydrogen-bond acceptors (Lipinski definition) is 3. The van der Waals surface area contributed by atoms with Crippen molar-refractivity contribution in [2.75, 3.05) is 13.1 Å². The number of rotatable bonds is 7. The van der Waals surface area contributed by atoms with Crippen LogP contribution in [0.3, 0.4) is 0 Å². The Morgan fingerprint density at radius 1 is 1.12 bits per heavy atom. The first-order chi connectivity index (χ1) is 12.1. The number of ether oxygens (including phenoxy) is 1. The molecule has 3 N–H and O–H groups in total. The molecule has 0 bridgehead atoms. The predicted octanol–water partition coefficient (Wildman–Crippen LogP) is 3.22. The summed E-state index contributed by atoms with van der Waals surface area (Å²) in [5, 5.41) is 15.9. The Morgan fingerprint density at radius 3 is 2.52 bits per heavy atom. The third-order valence-corrected chi connectivity index (χ3v) is 3.68. The molecule has 1 atom stereocenters. The highest BCUT2D eigenvalue weighted by molar-refractivity contribution is 5.79. The van der Waals surface area contributed by atoms with Crippen molar-refractivity contribution in [3.63, 3.8) is 0 Å². The van der Waals surface area contributed by atoms with E-state index in [1.165, 1.54) is 0 Å². The van der Waals surface area contributed by atoms with E-state index in [9.17, 15) is 5.11 Å². The van der Waals surface area contributed by atoms with Gasteiger partial charge in [-0.1, -0.05) is 30.3 Å². The Balaban J connectivity index is 1.88. The third-order valence-electron chi connectivity index (χ3n) is 3.68. The Morgan fingerprint density at radius 2 is 1.84 bits per heavy atom. The van der Waals surface area contributed by atoms with Crippen LogP contribution in [0.5, 0.6) is 11.5 Å². The minimum atomic E-state index is 0.0126. The molecule has 2 rings (SSSR count). The van der Waals surface area contributed by atoms with Gasteiger partial charge in [-0.15, -0.1) is 0 Å². The minimum absolute atomic E-state index is 0.0126. The number of nitrogens with one attached hydrogen (secondary N) is 2. The van der Waals surface area contributed by atoms with Gasteiger partial charge in [0.05, 0.1) is 13.1 Å². The first kappa shape index (κ1) is 18.6. The smallest absolute Gasteiger partial charge is 0.191 e. The number of aliphatic imine (C=N–C) groups is 1. The van der Waals surface area contributed by atoms with E-state index < -0.39 is 0 Å². The molecule has 0 saturated carbocycles. The fourth-order valence-corrected chi connectivity index (χ4v) is 2.30. The number of para-hydroxylation sites is 1. The van der Waals surface area contributed by atoms with Crippen LogP contribution in [0.2, 0.25) is 0 Å². The summed E-state index contributed by atoms with van der Waals surface area (Å²) in [6.07, 6.45) is 0.0126. The van der Waals surface area contributed by atoms with E-state index in [0.717, 1.165) is 29.4 Å². The van der Waals surface area contributed by atoms with Crippen molar-refractivity contribution in [1.82, 2.24) is 10.6 Å². The number of aryl methyl sites for hydroxylation is 1. The van der Waals surface area contributed by atoms with E-state index in [0.29, 0.717) is 13.1 Å². The SMILES string of the molecule is CCNC(=NCc1ccc(O)cc1)NCC(C)Oc1ccccc1C. The Kier molecular flexibility index (Phi) is 7.14. The van der Waals surface area contributed by atoms with Crippen LogP contribution in [0.1, 0.15) is 25.0 Å². The van der Waals surface area contributed by atoms with Crippen molar-refractivity contribution >= 4 is 5.96 Å². The topological polar surface area (TPSA) is 65.9 Å². The second kappa shape index (κ2) is 9.57. The standard InChI is InChI=1S/C20H27N3O2/c1-4-21-20(23-14-17-9-11-18(24)12-10-17)22-13-16(3)25-19-8-6-5-7-15(19)2/h5-12,16,24H,4,13-14H2,1-3H3,(H2,21,22,23). The first-order valence-electron chi connectivity index (χ1n) is 8.61. The molecule has 0 spiro atoms. The molecule has 0 aromatic heterocycles. The molecule has 0 heterocycles. The van der Waals surface area contributed by atoms with Gasteiger partial charge in [0.15, 0.2) is 5.96 Å². The number of phenols is 1. The Bertz CT molecular complexity index is 684. The summed E-state index contributed by atoms with van der Waals surface area (Å²) in [5.41, 5.74) is 2.17. The zero-order valence-corrected chi connectivity index (χ0v) is 15.1. The summed E-state index contributed by atoms with van der Waals surface area (Å²) in [5.74, 6) is 1.92. The lowest BCUT2D eigenvalue weighted by Gasteiger charge is -2.18. The number of hydrogen-bond donors (Lipinski definition) is 3. The van der Waals surface area contributed by atoms with E-state index >= 15 is 0 Å². The van der Waals surface area contributed by atoms with Gasteiger partial charge < -0.3 is 20.5 Å². The van der Waals surface area contributed by atoms with E-state index in [4.69, 9.17) is 4.74 Å². The van der Waals surface area contributed by atoms with Gasteiger partial charge in [-0.3, -0.25) is 0 Å². The summed E-state index contributed by atoms with van der Waals surface area (Å²) in [6.45, 7) is 8.08. The highest BCUT2D eigenvalue weighted by Gasteiger charge is 2.07. The molecule has 2 aromatic rings. The van der Waals surface area contributed by atoms with Gasteiger partial charge >= 0.3 is 0 Å². The van der Waals surface area contributed by atoms with Crippen molar-refractivity contribution in [1.29, 1.82) is 0 Å². The van der Waals surface area contributed by atoms with Crippen molar-refractivity contribution in [3.8, 4) is 11.5 Å². The van der Waals surface area contributed by atoms with Crippen molar-refractivity contribution < 1.29 is 9.84 Å². The van der Waals surface area contributed by atoms with Crippen LogP contribution in [0.25, 0.3) is 0 Å². The zero-order valence-electron chi connectivity index (χ0n) is 15.1. The minimum Gasteiger partial charge on any atom is -0.508 e. The third kappa shape index (κ3) is 6.37. The van der Waals surface area contributed by atoms with Gasteiger partial charge in [-0.2, -0.15) is 0 Å². The Labute approximate surface area is 149 Å². The van der Waals surface area contributed by atoms with Crippen LogP contribution in [-0.4, -0.2) is 30.3 Å². The van der Waals surface area contributed by atoms with E-state index in [1.54, 1.807) is 12.1 Å². The fourth-order valence-electron chi connectivity index (χ4n) is 2.30. The molecule has 0 aliphatic carbocycles. The van der Waals surface area contributed by atoms with Crippen LogP contribution in [0, 0.1) is 6.92 Å². The molecule has 0 fully saturated rings. The van der Waals surface area contributed by atoms with Gasteiger partial charge in [0, 0.05) is 6.54 Å². The quantitative estimate of drug-likeness (QED) is 0.534. The second-order valence-electron chi connectivity index (χ2n) is 5.94. The molecule has 0 saturated heterocycles. The van der Waals surface area contributed by atoms with Gasteiger partial charge in [0.1, 0.15) is 17.6 Å². The van der Waals surface area contributed by atoms with Gasteiger partial charge in [-0.25, -0.2) is 4.99 Å². The molecule has 0 radical (unpaired) electrons. The molecule has 0 aliphatic rings. The first-order valence-corrected chi connectivity index (χ1v) is 8.61. The lowest BCUT2D eigenvalue weighted by atomic mass is 10.2. The Hall–Kier alpha value is -2.69. The average Bonchev–Trinajstić information content (AvgIpc) is 2.61. The summed E-state index contributed by atoms with van der Waals surface area (Å²) in [6, 6.07) is 15.1.